The molecular formula is C13H18O3. The standard InChI is InChI=1S/C13H18O3/c1-9(2)15-13(14)11(4)16-12-7-5-6-10(3)8-12/h5-9,11H,1-4H3. The highest BCUT2D eigenvalue weighted by Gasteiger charge is 2.17. The van der Waals surface area contributed by atoms with Crippen LogP contribution in [0, 0.1) is 6.92 Å². The van der Waals surface area contributed by atoms with Gasteiger partial charge in [0.05, 0.1) is 6.10 Å². The Kier molecular flexibility index (Phi) is 4.35. The molecule has 1 rings (SSSR count). The number of esters is 1. The Bertz CT molecular complexity index is 358. The number of hydrogen-bond donors (Lipinski definition) is 0. The summed E-state index contributed by atoms with van der Waals surface area (Å²) < 4.78 is 10.5. The molecule has 0 bridgehead atoms. The third kappa shape index (κ3) is 3.93. The Morgan fingerprint density at radius 3 is 2.50 bits per heavy atom. The van der Waals surface area contributed by atoms with Crippen LogP contribution in [0.1, 0.15) is 26.3 Å². The predicted octanol–water partition coefficient (Wildman–Crippen LogP) is 2.71. The van der Waals surface area contributed by atoms with Crippen molar-refractivity contribution >= 4 is 5.97 Å². The second-order valence-electron chi connectivity index (χ2n) is 4.06. The fourth-order valence-electron chi connectivity index (χ4n) is 1.27. The lowest BCUT2D eigenvalue weighted by molar-refractivity contribution is -0.154. The van der Waals surface area contributed by atoms with Crippen LogP contribution in [0.2, 0.25) is 0 Å². The third-order valence-electron chi connectivity index (χ3n) is 1.99. The van der Waals surface area contributed by atoms with Crippen LogP contribution >= 0.6 is 0 Å². The second-order valence-corrected chi connectivity index (χ2v) is 4.06. The highest BCUT2D eigenvalue weighted by Crippen LogP contribution is 2.14. The van der Waals surface area contributed by atoms with Crippen molar-refractivity contribution in [2.75, 3.05) is 0 Å². The summed E-state index contributed by atoms with van der Waals surface area (Å²) in [5.74, 6) is 0.352. The van der Waals surface area contributed by atoms with Gasteiger partial charge in [0, 0.05) is 0 Å². The minimum absolute atomic E-state index is 0.115. The van der Waals surface area contributed by atoms with Gasteiger partial charge in [0.1, 0.15) is 5.75 Å². The number of carbonyl (C=O) groups is 1. The molecule has 1 aromatic rings. The molecule has 0 N–H and O–H groups in total. The molecular weight excluding hydrogens is 204 g/mol. The first kappa shape index (κ1) is 12.6. The zero-order chi connectivity index (χ0) is 12.1. The van der Waals surface area contributed by atoms with Crippen molar-refractivity contribution < 1.29 is 14.3 Å². The summed E-state index contributed by atoms with van der Waals surface area (Å²) >= 11 is 0. The number of carbonyl (C=O) groups excluding carboxylic acids is 1. The maximum absolute atomic E-state index is 11.5. The van der Waals surface area contributed by atoms with Gasteiger partial charge in [0.15, 0.2) is 6.10 Å². The Labute approximate surface area is 96.4 Å². The van der Waals surface area contributed by atoms with Gasteiger partial charge in [0.25, 0.3) is 0 Å². The van der Waals surface area contributed by atoms with E-state index in [2.05, 4.69) is 0 Å². The molecule has 88 valence electrons. The summed E-state index contributed by atoms with van der Waals surface area (Å²) in [6.45, 7) is 7.30. The monoisotopic (exact) mass is 222 g/mol. The van der Waals surface area contributed by atoms with Crippen LogP contribution in [0.3, 0.4) is 0 Å². The first-order chi connectivity index (χ1) is 7.49. The van der Waals surface area contributed by atoms with Gasteiger partial charge in [-0.25, -0.2) is 4.79 Å². The quantitative estimate of drug-likeness (QED) is 0.735. The fraction of sp³-hybridized carbons (Fsp3) is 0.462. The van der Waals surface area contributed by atoms with Gasteiger partial charge in [-0.1, -0.05) is 12.1 Å². The summed E-state index contributed by atoms with van der Waals surface area (Å²) in [5.41, 5.74) is 1.10. The molecule has 0 amide bonds. The van der Waals surface area contributed by atoms with E-state index in [4.69, 9.17) is 9.47 Å². The molecule has 16 heavy (non-hydrogen) atoms. The van der Waals surface area contributed by atoms with Crippen LogP contribution in [0.25, 0.3) is 0 Å². The van der Waals surface area contributed by atoms with Crippen molar-refractivity contribution in [3.8, 4) is 5.75 Å². The molecule has 0 heterocycles. The van der Waals surface area contributed by atoms with E-state index in [1.165, 1.54) is 0 Å². The molecule has 0 saturated heterocycles. The molecule has 0 saturated carbocycles. The van der Waals surface area contributed by atoms with Crippen LogP contribution in [-0.2, 0) is 9.53 Å². The van der Waals surface area contributed by atoms with Crippen molar-refractivity contribution in [1.82, 2.24) is 0 Å². The largest absolute Gasteiger partial charge is 0.479 e. The summed E-state index contributed by atoms with van der Waals surface area (Å²) in [5, 5.41) is 0. The third-order valence-corrected chi connectivity index (χ3v) is 1.99. The van der Waals surface area contributed by atoms with E-state index in [9.17, 15) is 4.79 Å². The lowest BCUT2D eigenvalue weighted by Gasteiger charge is -2.15. The second kappa shape index (κ2) is 5.54. The summed E-state index contributed by atoms with van der Waals surface area (Å²) in [4.78, 5) is 11.5. The van der Waals surface area contributed by atoms with Crippen LogP contribution in [0.5, 0.6) is 5.75 Å². The Balaban J connectivity index is 2.57. The first-order valence-corrected chi connectivity index (χ1v) is 5.43. The van der Waals surface area contributed by atoms with E-state index in [0.717, 1.165) is 5.56 Å². The molecule has 0 fully saturated rings. The maximum Gasteiger partial charge on any atom is 0.347 e. The SMILES string of the molecule is Cc1cccc(OC(C)C(=O)OC(C)C)c1. The molecule has 3 nitrogen and oxygen atoms in total. The van der Waals surface area contributed by atoms with Gasteiger partial charge in [-0.15, -0.1) is 0 Å². The van der Waals surface area contributed by atoms with Gasteiger partial charge in [-0.05, 0) is 45.4 Å². The molecule has 1 aromatic carbocycles. The normalized spacial score (nSPS) is 12.3. The topological polar surface area (TPSA) is 35.5 Å². The van der Waals surface area contributed by atoms with E-state index < -0.39 is 6.10 Å². The van der Waals surface area contributed by atoms with Crippen molar-refractivity contribution in [3.63, 3.8) is 0 Å². The summed E-state index contributed by atoms with van der Waals surface area (Å²) in [6.07, 6.45) is -0.694. The fourth-order valence-corrected chi connectivity index (χ4v) is 1.27. The zero-order valence-corrected chi connectivity index (χ0v) is 10.2. The lowest BCUT2D eigenvalue weighted by atomic mass is 10.2. The Hall–Kier alpha value is -1.51. The predicted molar refractivity (Wildman–Crippen MR) is 62.5 cm³/mol. The molecule has 1 unspecified atom stereocenters. The number of aryl methyl sites for hydroxylation is 1. The van der Waals surface area contributed by atoms with Crippen LogP contribution in [0.15, 0.2) is 24.3 Å². The molecule has 3 heteroatoms. The lowest BCUT2D eigenvalue weighted by Crippen LogP contribution is -2.28. The number of ether oxygens (including phenoxy) is 2. The highest BCUT2D eigenvalue weighted by atomic mass is 16.6. The van der Waals surface area contributed by atoms with Gasteiger partial charge in [-0.2, -0.15) is 0 Å². The average molecular weight is 222 g/mol. The molecule has 0 aliphatic heterocycles. The van der Waals surface area contributed by atoms with E-state index in [1.54, 1.807) is 6.92 Å². The highest BCUT2D eigenvalue weighted by molar-refractivity contribution is 5.74. The minimum Gasteiger partial charge on any atom is -0.479 e. The smallest absolute Gasteiger partial charge is 0.347 e. The summed E-state index contributed by atoms with van der Waals surface area (Å²) in [7, 11) is 0. The van der Waals surface area contributed by atoms with E-state index in [0.29, 0.717) is 5.75 Å². The average Bonchev–Trinajstić information content (AvgIpc) is 2.16. The molecule has 0 spiro atoms. The van der Waals surface area contributed by atoms with Gasteiger partial charge < -0.3 is 9.47 Å². The van der Waals surface area contributed by atoms with Crippen molar-refractivity contribution in [3.05, 3.63) is 29.8 Å². The Morgan fingerprint density at radius 1 is 1.25 bits per heavy atom. The van der Waals surface area contributed by atoms with Gasteiger partial charge in [-0.3, -0.25) is 0 Å². The van der Waals surface area contributed by atoms with E-state index in [1.807, 2.05) is 45.0 Å². The number of benzene rings is 1. The molecule has 0 aliphatic carbocycles. The molecule has 1 atom stereocenters. The van der Waals surface area contributed by atoms with Crippen molar-refractivity contribution in [2.45, 2.75) is 39.9 Å². The number of hydrogen-bond acceptors (Lipinski definition) is 3. The number of rotatable bonds is 4. The molecule has 0 aliphatic rings. The van der Waals surface area contributed by atoms with Gasteiger partial charge >= 0.3 is 5.97 Å². The maximum atomic E-state index is 11.5. The first-order valence-electron chi connectivity index (χ1n) is 5.43. The summed E-state index contributed by atoms with van der Waals surface area (Å²) in [6, 6.07) is 7.58. The van der Waals surface area contributed by atoms with Crippen LogP contribution in [-0.4, -0.2) is 18.2 Å². The molecule has 0 aromatic heterocycles. The zero-order valence-electron chi connectivity index (χ0n) is 10.2. The van der Waals surface area contributed by atoms with E-state index in [-0.39, 0.29) is 12.1 Å². The molecule has 0 radical (unpaired) electrons. The Morgan fingerprint density at radius 2 is 1.94 bits per heavy atom. The van der Waals surface area contributed by atoms with Crippen molar-refractivity contribution in [2.24, 2.45) is 0 Å². The minimum atomic E-state index is -0.579. The van der Waals surface area contributed by atoms with Crippen LogP contribution < -0.4 is 4.74 Å². The van der Waals surface area contributed by atoms with Crippen LogP contribution in [0.4, 0.5) is 0 Å². The van der Waals surface area contributed by atoms with Crippen molar-refractivity contribution in [1.29, 1.82) is 0 Å². The van der Waals surface area contributed by atoms with Gasteiger partial charge in [0.2, 0.25) is 0 Å². The van der Waals surface area contributed by atoms with E-state index >= 15 is 0 Å².